The average molecular weight is 599 g/mol. The van der Waals surface area contributed by atoms with Gasteiger partial charge >= 0.3 is 5.97 Å². The Bertz CT molecular complexity index is 1580. The standard InChI is InChI=1S/C34H34N2O4S2/c1-22-13-10-11-18-26(22)31(37)35-24-16-12-17-25(21-24)41-30(23-14-6-5-7-15-23)32(38)36-33-29(34(39)40-2)27-19-8-3-4-9-20-28(27)42-33/h5-7,10-18,21,30H,3-4,8-9,19-20H2,1-2H3,(H,35,37)(H,36,38). The quantitative estimate of drug-likeness (QED) is 0.158. The molecule has 1 atom stereocenters. The van der Waals surface area contributed by atoms with E-state index in [9.17, 15) is 14.4 Å². The van der Waals surface area contributed by atoms with Gasteiger partial charge in [0.1, 0.15) is 10.3 Å². The van der Waals surface area contributed by atoms with Crippen LogP contribution in [0.2, 0.25) is 0 Å². The van der Waals surface area contributed by atoms with E-state index in [0.717, 1.165) is 58.6 Å². The number of benzene rings is 3. The molecular weight excluding hydrogens is 565 g/mol. The zero-order valence-corrected chi connectivity index (χ0v) is 25.4. The Morgan fingerprint density at radius 3 is 2.36 bits per heavy atom. The van der Waals surface area contributed by atoms with Crippen LogP contribution >= 0.6 is 23.1 Å². The first-order valence-corrected chi connectivity index (χ1v) is 15.9. The summed E-state index contributed by atoms with van der Waals surface area (Å²) in [7, 11) is 1.38. The van der Waals surface area contributed by atoms with Gasteiger partial charge in [0.05, 0.1) is 12.7 Å². The van der Waals surface area contributed by atoms with Gasteiger partial charge in [-0.15, -0.1) is 23.1 Å². The Labute approximate surface area is 254 Å². The molecule has 6 nitrogen and oxygen atoms in total. The van der Waals surface area contributed by atoms with Crippen LogP contribution in [-0.2, 0) is 22.4 Å². The van der Waals surface area contributed by atoms with E-state index in [1.54, 1.807) is 6.07 Å². The van der Waals surface area contributed by atoms with Crippen molar-refractivity contribution >= 4 is 51.6 Å². The summed E-state index contributed by atoms with van der Waals surface area (Å²) < 4.78 is 5.16. The summed E-state index contributed by atoms with van der Waals surface area (Å²) in [5, 5.41) is 6.05. The van der Waals surface area contributed by atoms with Crippen LogP contribution in [0.1, 0.15) is 73.2 Å². The summed E-state index contributed by atoms with van der Waals surface area (Å²) in [6.07, 6.45) is 6.10. The van der Waals surface area contributed by atoms with Gasteiger partial charge in [-0.05, 0) is 73.6 Å². The molecule has 0 radical (unpaired) electrons. The lowest BCUT2D eigenvalue weighted by molar-refractivity contribution is -0.115. The first-order valence-electron chi connectivity index (χ1n) is 14.2. The minimum Gasteiger partial charge on any atom is -0.465 e. The van der Waals surface area contributed by atoms with E-state index in [0.29, 0.717) is 21.8 Å². The van der Waals surface area contributed by atoms with Crippen molar-refractivity contribution in [1.29, 1.82) is 0 Å². The number of methoxy groups -OCH3 is 1. The monoisotopic (exact) mass is 598 g/mol. The van der Waals surface area contributed by atoms with Gasteiger partial charge in [-0.25, -0.2) is 4.79 Å². The van der Waals surface area contributed by atoms with Crippen LogP contribution in [0.4, 0.5) is 10.7 Å². The summed E-state index contributed by atoms with van der Waals surface area (Å²) >= 11 is 2.89. The Morgan fingerprint density at radius 1 is 0.857 bits per heavy atom. The van der Waals surface area contributed by atoms with E-state index in [1.165, 1.54) is 36.6 Å². The van der Waals surface area contributed by atoms with Gasteiger partial charge in [0.15, 0.2) is 0 Å². The average Bonchev–Trinajstić information content (AvgIpc) is 3.31. The van der Waals surface area contributed by atoms with Crippen molar-refractivity contribution in [3.05, 3.63) is 112 Å². The summed E-state index contributed by atoms with van der Waals surface area (Å²) in [4.78, 5) is 41.8. The third-order valence-corrected chi connectivity index (χ3v) is 9.83. The maximum Gasteiger partial charge on any atom is 0.341 e. The molecule has 4 aromatic rings. The molecule has 1 aromatic heterocycles. The summed E-state index contributed by atoms with van der Waals surface area (Å²) in [5.74, 6) is -0.819. The fourth-order valence-corrected chi connectivity index (χ4v) is 7.58. The van der Waals surface area contributed by atoms with Gasteiger partial charge in [0.2, 0.25) is 5.91 Å². The van der Waals surface area contributed by atoms with E-state index in [4.69, 9.17) is 4.74 Å². The summed E-state index contributed by atoms with van der Waals surface area (Å²) in [6.45, 7) is 1.91. The number of hydrogen-bond donors (Lipinski definition) is 2. The van der Waals surface area contributed by atoms with Crippen molar-refractivity contribution in [2.75, 3.05) is 17.7 Å². The molecule has 1 unspecified atom stereocenters. The fraction of sp³-hybridized carbons (Fsp3) is 0.265. The second-order valence-electron chi connectivity index (χ2n) is 10.3. The molecule has 2 N–H and O–H groups in total. The van der Waals surface area contributed by atoms with Crippen LogP contribution in [0.3, 0.4) is 0 Å². The molecule has 0 aliphatic heterocycles. The van der Waals surface area contributed by atoms with Crippen LogP contribution in [0.5, 0.6) is 0 Å². The summed E-state index contributed by atoms with van der Waals surface area (Å²) in [5.41, 5.74) is 4.50. The molecule has 0 bridgehead atoms. The number of rotatable bonds is 8. The Hall–Kier alpha value is -3.88. The zero-order chi connectivity index (χ0) is 29.5. The number of nitrogens with one attached hydrogen (secondary N) is 2. The predicted molar refractivity (Wildman–Crippen MR) is 171 cm³/mol. The number of thiophene rings is 1. The smallest absolute Gasteiger partial charge is 0.341 e. The van der Waals surface area contributed by atoms with Crippen LogP contribution in [-0.4, -0.2) is 24.9 Å². The predicted octanol–water partition coefficient (Wildman–Crippen LogP) is 8.23. The third-order valence-electron chi connectivity index (χ3n) is 7.37. The topological polar surface area (TPSA) is 84.5 Å². The maximum absolute atomic E-state index is 14.0. The highest BCUT2D eigenvalue weighted by atomic mass is 32.2. The number of fused-ring (bicyclic) bond motifs is 1. The molecule has 42 heavy (non-hydrogen) atoms. The lowest BCUT2D eigenvalue weighted by Gasteiger charge is -2.18. The molecule has 1 aliphatic carbocycles. The molecule has 5 rings (SSSR count). The van der Waals surface area contributed by atoms with E-state index >= 15 is 0 Å². The van der Waals surface area contributed by atoms with Crippen LogP contribution in [0.25, 0.3) is 0 Å². The second kappa shape index (κ2) is 13.9. The number of esters is 1. The number of ether oxygens (including phenoxy) is 1. The van der Waals surface area contributed by atoms with Crippen molar-refractivity contribution in [2.24, 2.45) is 0 Å². The molecule has 8 heteroatoms. The van der Waals surface area contributed by atoms with Crippen LogP contribution < -0.4 is 10.6 Å². The second-order valence-corrected chi connectivity index (χ2v) is 12.6. The molecule has 2 amide bonds. The van der Waals surface area contributed by atoms with Crippen LogP contribution in [0.15, 0.2) is 83.8 Å². The van der Waals surface area contributed by atoms with Crippen molar-refractivity contribution in [3.8, 4) is 0 Å². The Kier molecular flexibility index (Phi) is 9.77. The van der Waals surface area contributed by atoms with E-state index in [1.807, 2.05) is 79.7 Å². The molecule has 216 valence electrons. The highest BCUT2D eigenvalue weighted by molar-refractivity contribution is 8.00. The first-order chi connectivity index (χ1) is 20.4. The molecule has 1 heterocycles. The number of amides is 2. The van der Waals surface area contributed by atoms with Gasteiger partial charge < -0.3 is 15.4 Å². The van der Waals surface area contributed by atoms with Crippen LogP contribution in [0, 0.1) is 6.92 Å². The van der Waals surface area contributed by atoms with E-state index < -0.39 is 11.2 Å². The molecule has 3 aromatic carbocycles. The van der Waals surface area contributed by atoms with Gasteiger partial charge in [-0.2, -0.15) is 0 Å². The van der Waals surface area contributed by atoms with Crippen molar-refractivity contribution in [2.45, 2.75) is 55.6 Å². The number of hydrogen-bond acceptors (Lipinski definition) is 6. The molecular formula is C34H34N2O4S2. The fourth-order valence-electron chi connectivity index (χ4n) is 5.21. The molecule has 0 fully saturated rings. The Morgan fingerprint density at radius 2 is 1.60 bits per heavy atom. The summed E-state index contributed by atoms with van der Waals surface area (Å²) in [6, 6.07) is 24.5. The lowest BCUT2D eigenvalue weighted by atomic mass is 9.96. The number of anilines is 2. The third kappa shape index (κ3) is 6.94. The molecule has 1 aliphatic rings. The minimum atomic E-state index is -0.594. The largest absolute Gasteiger partial charge is 0.465 e. The lowest BCUT2D eigenvalue weighted by Crippen LogP contribution is -2.20. The van der Waals surface area contributed by atoms with Crippen molar-refractivity contribution < 1.29 is 19.1 Å². The number of carbonyl (C=O) groups is 3. The molecule has 0 saturated carbocycles. The SMILES string of the molecule is COC(=O)c1c(NC(=O)C(Sc2cccc(NC(=O)c3ccccc3C)c2)c2ccccc2)sc2c1CCCCCC2. The van der Waals surface area contributed by atoms with Crippen molar-refractivity contribution in [1.82, 2.24) is 0 Å². The minimum absolute atomic E-state index is 0.184. The van der Waals surface area contributed by atoms with Gasteiger partial charge in [0.25, 0.3) is 5.91 Å². The van der Waals surface area contributed by atoms with E-state index in [-0.39, 0.29) is 11.8 Å². The number of thioether (sulfide) groups is 1. The Balaban J connectivity index is 1.41. The highest BCUT2D eigenvalue weighted by Crippen LogP contribution is 2.41. The van der Waals surface area contributed by atoms with Gasteiger partial charge in [-0.1, -0.05) is 67.4 Å². The normalized spacial score (nSPS) is 13.7. The first kappa shape index (κ1) is 29.6. The highest BCUT2D eigenvalue weighted by Gasteiger charge is 2.29. The van der Waals surface area contributed by atoms with Crippen molar-refractivity contribution in [3.63, 3.8) is 0 Å². The maximum atomic E-state index is 14.0. The van der Waals surface area contributed by atoms with Gasteiger partial charge in [-0.3, -0.25) is 9.59 Å². The van der Waals surface area contributed by atoms with E-state index in [2.05, 4.69) is 10.6 Å². The van der Waals surface area contributed by atoms with Gasteiger partial charge in [0, 0.05) is 21.0 Å². The zero-order valence-electron chi connectivity index (χ0n) is 23.8. The number of aryl methyl sites for hydroxylation is 2. The molecule has 0 spiro atoms. The molecule has 0 saturated heterocycles. The number of carbonyl (C=O) groups excluding carboxylic acids is 3.